The van der Waals surface area contributed by atoms with Gasteiger partial charge in [0.2, 0.25) is 5.91 Å². The van der Waals surface area contributed by atoms with Crippen LogP contribution in [0.4, 0.5) is 10.2 Å². The maximum absolute atomic E-state index is 13.2. The Morgan fingerprint density at radius 3 is 2.42 bits per heavy atom. The van der Waals surface area contributed by atoms with Gasteiger partial charge in [-0.05, 0) is 43.2 Å². The largest absolute Gasteiger partial charge is 0.465 e. The van der Waals surface area contributed by atoms with Crippen molar-refractivity contribution in [3.63, 3.8) is 0 Å². The number of nitrogens with zero attached hydrogens (tertiary/aromatic N) is 3. The van der Waals surface area contributed by atoms with Crippen molar-refractivity contribution >= 4 is 42.5 Å². The molecule has 0 spiro atoms. The molecule has 1 aromatic carbocycles. The standard InChI is InChI=1S/C22H24FN5O3.2ClH/c1-3-31-21(29)14-25-19(12-15-4-6-17(23)7-5-15)22(30)26-20-13-18(27-28(20)2)16-8-10-24-11-9-16;;/h4-11,13,19,25H,3,12,14H2,1-2H3,(H,26,30);2*1H/t19-;;/m0../s1. The van der Waals surface area contributed by atoms with Gasteiger partial charge in [0.15, 0.2) is 0 Å². The lowest BCUT2D eigenvalue weighted by molar-refractivity contribution is -0.142. The monoisotopic (exact) mass is 497 g/mol. The number of anilines is 1. The highest BCUT2D eigenvalue weighted by molar-refractivity contribution is 5.95. The van der Waals surface area contributed by atoms with Gasteiger partial charge in [-0.3, -0.25) is 24.6 Å². The van der Waals surface area contributed by atoms with E-state index in [1.165, 1.54) is 12.1 Å². The van der Waals surface area contributed by atoms with Crippen molar-refractivity contribution in [1.29, 1.82) is 0 Å². The molecule has 0 aliphatic rings. The Kier molecular flexibility index (Phi) is 11.5. The number of carbonyl (C=O) groups is 2. The molecule has 33 heavy (non-hydrogen) atoms. The highest BCUT2D eigenvalue weighted by atomic mass is 35.5. The Bertz CT molecular complexity index is 1030. The predicted molar refractivity (Wildman–Crippen MR) is 128 cm³/mol. The number of aryl methyl sites for hydroxylation is 1. The number of pyridine rings is 1. The van der Waals surface area contributed by atoms with Crippen LogP contribution < -0.4 is 10.6 Å². The van der Waals surface area contributed by atoms with Crippen molar-refractivity contribution in [2.24, 2.45) is 7.05 Å². The summed E-state index contributed by atoms with van der Waals surface area (Å²) in [5.74, 6) is -0.667. The third-order valence-electron chi connectivity index (χ3n) is 4.57. The number of halogens is 3. The van der Waals surface area contributed by atoms with Crippen LogP contribution in [0.1, 0.15) is 12.5 Å². The number of carbonyl (C=O) groups excluding carboxylic acids is 2. The van der Waals surface area contributed by atoms with E-state index in [-0.39, 0.29) is 56.1 Å². The molecule has 2 aromatic heterocycles. The number of rotatable bonds is 9. The quantitative estimate of drug-likeness (QED) is 0.440. The van der Waals surface area contributed by atoms with E-state index >= 15 is 0 Å². The maximum Gasteiger partial charge on any atom is 0.319 e. The average Bonchev–Trinajstić information content (AvgIpc) is 3.13. The maximum atomic E-state index is 13.2. The summed E-state index contributed by atoms with van der Waals surface area (Å²) in [5, 5.41) is 10.2. The molecular formula is C22H26Cl2FN5O3. The Morgan fingerprint density at radius 2 is 1.79 bits per heavy atom. The second kappa shape index (κ2) is 13.5. The number of benzene rings is 1. The summed E-state index contributed by atoms with van der Waals surface area (Å²) in [4.78, 5) is 28.7. The molecule has 8 nitrogen and oxygen atoms in total. The zero-order chi connectivity index (χ0) is 22.2. The molecule has 178 valence electrons. The van der Waals surface area contributed by atoms with Crippen LogP contribution in [0.5, 0.6) is 0 Å². The van der Waals surface area contributed by atoms with E-state index < -0.39 is 12.0 Å². The minimum atomic E-state index is -0.742. The number of hydrogen-bond acceptors (Lipinski definition) is 6. The highest BCUT2D eigenvalue weighted by Gasteiger charge is 2.22. The van der Waals surface area contributed by atoms with E-state index in [1.807, 2.05) is 12.1 Å². The third kappa shape index (κ3) is 8.12. The van der Waals surface area contributed by atoms with Crippen LogP contribution in [-0.4, -0.2) is 45.8 Å². The van der Waals surface area contributed by atoms with E-state index in [0.29, 0.717) is 11.5 Å². The number of nitrogens with one attached hydrogen (secondary N) is 2. The highest BCUT2D eigenvalue weighted by Crippen LogP contribution is 2.20. The number of ether oxygens (including phenoxy) is 1. The Balaban J connectivity index is 0.00000272. The molecule has 3 rings (SSSR count). The van der Waals surface area contributed by atoms with Crippen molar-refractivity contribution in [3.05, 3.63) is 66.2 Å². The van der Waals surface area contributed by atoms with Gasteiger partial charge < -0.3 is 10.1 Å². The number of amides is 1. The van der Waals surface area contributed by atoms with Crippen LogP contribution in [-0.2, 0) is 27.8 Å². The molecule has 0 unspecified atom stereocenters. The van der Waals surface area contributed by atoms with Gasteiger partial charge in [-0.1, -0.05) is 12.1 Å². The van der Waals surface area contributed by atoms with Gasteiger partial charge in [0.1, 0.15) is 11.6 Å². The summed E-state index contributed by atoms with van der Waals surface area (Å²) in [6, 6.07) is 10.5. The Morgan fingerprint density at radius 1 is 1.12 bits per heavy atom. The molecule has 0 saturated heterocycles. The second-order valence-corrected chi connectivity index (χ2v) is 6.83. The molecule has 2 N–H and O–H groups in total. The fourth-order valence-electron chi connectivity index (χ4n) is 2.99. The van der Waals surface area contributed by atoms with E-state index in [1.54, 1.807) is 49.2 Å². The summed E-state index contributed by atoms with van der Waals surface area (Å²) in [6.07, 6.45) is 3.60. The smallest absolute Gasteiger partial charge is 0.319 e. The molecule has 0 aliphatic carbocycles. The van der Waals surface area contributed by atoms with Gasteiger partial charge in [0.25, 0.3) is 0 Å². The molecule has 0 bridgehead atoms. The molecule has 0 radical (unpaired) electrons. The molecule has 0 saturated carbocycles. The number of hydrogen-bond donors (Lipinski definition) is 2. The molecule has 2 heterocycles. The summed E-state index contributed by atoms with van der Waals surface area (Å²) >= 11 is 0. The minimum absolute atomic E-state index is 0. The van der Waals surface area contributed by atoms with Crippen molar-refractivity contribution in [3.8, 4) is 11.3 Å². The van der Waals surface area contributed by atoms with Crippen molar-refractivity contribution in [2.45, 2.75) is 19.4 Å². The van der Waals surface area contributed by atoms with Gasteiger partial charge in [-0.2, -0.15) is 5.10 Å². The lowest BCUT2D eigenvalue weighted by Gasteiger charge is -2.18. The van der Waals surface area contributed by atoms with Crippen LogP contribution in [0, 0.1) is 5.82 Å². The fourth-order valence-corrected chi connectivity index (χ4v) is 2.99. The minimum Gasteiger partial charge on any atom is -0.465 e. The molecule has 1 atom stereocenters. The molecule has 0 fully saturated rings. The van der Waals surface area contributed by atoms with E-state index in [9.17, 15) is 14.0 Å². The molecule has 0 aliphatic heterocycles. The van der Waals surface area contributed by atoms with Crippen LogP contribution in [0.2, 0.25) is 0 Å². The molecule has 3 aromatic rings. The second-order valence-electron chi connectivity index (χ2n) is 6.83. The van der Waals surface area contributed by atoms with Gasteiger partial charge >= 0.3 is 5.97 Å². The normalized spacial score (nSPS) is 11.0. The van der Waals surface area contributed by atoms with Gasteiger partial charge in [-0.15, -0.1) is 24.8 Å². The third-order valence-corrected chi connectivity index (χ3v) is 4.57. The van der Waals surface area contributed by atoms with E-state index in [2.05, 4.69) is 20.7 Å². The van der Waals surface area contributed by atoms with Gasteiger partial charge in [0.05, 0.1) is 24.9 Å². The lowest BCUT2D eigenvalue weighted by atomic mass is 10.1. The van der Waals surface area contributed by atoms with Gasteiger partial charge in [-0.25, -0.2) is 4.39 Å². The van der Waals surface area contributed by atoms with E-state index in [4.69, 9.17) is 4.74 Å². The number of aromatic nitrogens is 3. The van der Waals surface area contributed by atoms with Crippen molar-refractivity contribution < 1.29 is 18.7 Å². The summed E-state index contributed by atoms with van der Waals surface area (Å²) in [7, 11) is 1.72. The summed E-state index contributed by atoms with van der Waals surface area (Å²) < 4.78 is 19.7. The van der Waals surface area contributed by atoms with E-state index in [0.717, 1.165) is 11.1 Å². The van der Waals surface area contributed by atoms with Crippen LogP contribution in [0.25, 0.3) is 11.3 Å². The Labute approximate surface area is 203 Å². The Hall–Kier alpha value is -3.01. The zero-order valence-electron chi connectivity index (χ0n) is 18.2. The first-order valence-electron chi connectivity index (χ1n) is 9.85. The predicted octanol–water partition coefficient (Wildman–Crippen LogP) is 3.17. The summed E-state index contributed by atoms with van der Waals surface area (Å²) in [6.45, 7) is 1.84. The van der Waals surface area contributed by atoms with Crippen LogP contribution >= 0.6 is 24.8 Å². The summed E-state index contributed by atoms with van der Waals surface area (Å²) in [5.41, 5.74) is 2.31. The molecule has 1 amide bonds. The van der Waals surface area contributed by atoms with Crippen LogP contribution in [0.3, 0.4) is 0 Å². The van der Waals surface area contributed by atoms with Crippen LogP contribution in [0.15, 0.2) is 54.9 Å². The zero-order valence-corrected chi connectivity index (χ0v) is 19.8. The first kappa shape index (κ1) is 28.0. The van der Waals surface area contributed by atoms with Crippen molar-refractivity contribution in [2.75, 3.05) is 18.5 Å². The lowest BCUT2D eigenvalue weighted by Crippen LogP contribution is -2.44. The number of esters is 1. The first-order chi connectivity index (χ1) is 15.0. The van der Waals surface area contributed by atoms with Crippen molar-refractivity contribution in [1.82, 2.24) is 20.1 Å². The molecule has 11 heteroatoms. The SMILES string of the molecule is CCOC(=O)CN[C@@H](Cc1ccc(F)cc1)C(=O)Nc1cc(-c2ccncc2)nn1C.Cl.Cl. The molecular weight excluding hydrogens is 472 g/mol. The average molecular weight is 498 g/mol. The van der Waals surface area contributed by atoms with Gasteiger partial charge in [0, 0.05) is 31.1 Å². The topological polar surface area (TPSA) is 98.1 Å². The fraction of sp³-hybridized carbons (Fsp3) is 0.273. The first-order valence-corrected chi connectivity index (χ1v) is 9.85.